The van der Waals surface area contributed by atoms with Gasteiger partial charge in [-0.15, -0.1) is 0 Å². The van der Waals surface area contributed by atoms with Gasteiger partial charge < -0.3 is 25.1 Å². The fraction of sp³-hybridized carbons (Fsp3) is 0.743. The molecule has 0 spiro atoms. The Balaban J connectivity index is 3.37. The third-order valence-corrected chi connectivity index (χ3v) is 13.4. The smallest absolute Gasteiger partial charge is 0.407 e. The number of benzene rings is 1. The van der Waals surface area contributed by atoms with Crippen molar-refractivity contribution in [1.29, 1.82) is 0 Å². The van der Waals surface area contributed by atoms with Crippen LogP contribution < -0.4 is 16.0 Å². The minimum atomic E-state index is -2.32. The van der Waals surface area contributed by atoms with E-state index in [1.165, 1.54) is 0 Å². The molecule has 0 heterocycles. The van der Waals surface area contributed by atoms with E-state index >= 15 is 0 Å². The molecule has 0 bridgehead atoms. The van der Waals surface area contributed by atoms with E-state index in [-0.39, 0.29) is 34.7 Å². The van der Waals surface area contributed by atoms with Gasteiger partial charge in [0.15, 0.2) is 8.32 Å². The monoisotopic (exact) mass is 665 g/mol. The largest absolute Gasteiger partial charge is 0.444 e. The van der Waals surface area contributed by atoms with Crippen LogP contribution in [-0.2, 0) is 25.3 Å². The quantitative estimate of drug-likeness (QED) is 0.149. The zero-order valence-corrected chi connectivity index (χ0v) is 32.2. The van der Waals surface area contributed by atoms with Crippen molar-refractivity contribution in [1.82, 2.24) is 16.0 Å². The van der Waals surface area contributed by atoms with E-state index in [2.05, 4.69) is 63.7 Å². The lowest BCUT2D eigenvalue weighted by Gasteiger charge is -2.43. The van der Waals surface area contributed by atoms with Crippen molar-refractivity contribution >= 4 is 38.0 Å². The lowest BCUT2D eigenvalue weighted by molar-refractivity contribution is -0.132. The van der Waals surface area contributed by atoms with E-state index in [0.29, 0.717) is 25.8 Å². The summed E-state index contributed by atoms with van der Waals surface area (Å²) in [4.78, 5) is 40.4. The van der Waals surface area contributed by atoms with Crippen molar-refractivity contribution in [2.45, 2.75) is 137 Å². The molecule has 0 radical (unpaired) electrons. The Kier molecular flexibility index (Phi) is 16.7. The predicted molar refractivity (Wildman–Crippen MR) is 191 cm³/mol. The molecule has 1 aromatic rings. The second-order valence-corrected chi connectivity index (χ2v) is 21.2. The number of carbonyl (C=O) groups excluding carboxylic acids is 3. The predicted octanol–water partition coefficient (Wildman–Crippen LogP) is 7.53. The van der Waals surface area contributed by atoms with E-state index in [1.54, 1.807) is 11.8 Å². The zero-order valence-electron chi connectivity index (χ0n) is 30.3. The average Bonchev–Trinajstić information content (AvgIpc) is 2.89. The molecule has 258 valence electrons. The van der Waals surface area contributed by atoms with Crippen LogP contribution in [0.2, 0.25) is 18.1 Å². The first kappa shape index (κ1) is 41.0. The maximum Gasteiger partial charge on any atom is 0.407 e. The molecule has 8 nitrogen and oxygen atoms in total. The number of alkyl carbamates (subject to hydrolysis) is 1. The van der Waals surface area contributed by atoms with Crippen LogP contribution in [0.25, 0.3) is 0 Å². The standard InChI is InChI=1S/C35H63N3O5SSi/c1-24(2)21-28(37-33(41)42-34(5,6)7)29(43-45(12,13)35(8,9)10)22-27(19-20-44-11)31(39)38-30(25(3)4)32(40)36-23-26-17-15-14-16-18-26/h14-18,24-25,27-30H,19-23H2,1-13H3,(H,36,40)(H,37,41)(H,38,39)/t27-,28+,29+,30+/m1/s1. The summed E-state index contributed by atoms with van der Waals surface area (Å²) in [5, 5.41) is 9.14. The molecule has 0 fully saturated rings. The van der Waals surface area contributed by atoms with E-state index in [4.69, 9.17) is 9.16 Å². The number of rotatable bonds is 17. The van der Waals surface area contributed by atoms with Crippen LogP contribution in [0.1, 0.15) is 94.1 Å². The van der Waals surface area contributed by atoms with Gasteiger partial charge in [-0.1, -0.05) is 78.8 Å². The topological polar surface area (TPSA) is 106 Å². The molecule has 4 atom stereocenters. The minimum Gasteiger partial charge on any atom is -0.444 e. The fourth-order valence-electron chi connectivity index (χ4n) is 4.72. The summed E-state index contributed by atoms with van der Waals surface area (Å²) in [5.74, 6) is 0.170. The molecule has 0 saturated carbocycles. The van der Waals surface area contributed by atoms with Crippen molar-refractivity contribution in [2.75, 3.05) is 12.0 Å². The Bertz CT molecular complexity index is 1050. The summed E-state index contributed by atoms with van der Waals surface area (Å²) >= 11 is 1.68. The highest BCUT2D eigenvalue weighted by Gasteiger charge is 2.43. The van der Waals surface area contributed by atoms with Gasteiger partial charge in [0, 0.05) is 12.5 Å². The van der Waals surface area contributed by atoms with Gasteiger partial charge in [0.25, 0.3) is 0 Å². The highest BCUT2D eigenvalue weighted by atomic mass is 32.2. The molecule has 45 heavy (non-hydrogen) atoms. The van der Waals surface area contributed by atoms with Crippen LogP contribution in [0.4, 0.5) is 4.79 Å². The zero-order chi connectivity index (χ0) is 34.6. The Hall–Kier alpha value is -2.04. The minimum absolute atomic E-state index is 0.0733. The molecule has 0 unspecified atom stereocenters. The summed E-state index contributed by atoms with van der Waals surface area (Å²) in [5.41, 5.74) is 0.354. The van der Waals surface area contributed by atoms with Crippen molar-refractivity contribution in [3.63, 3.8) is 0 Å². The summed E-state index contributed by atoms with van der Waals surface area (Å²) < 4.78 is 12.7. The van der Waals surface area contributed by atoms with Gasteiger partial charge in [-0.3, -0.25) is 9.59 Å². The second kappa shape index (κ2) is 18.3. The number of carbonyl (C=O) groups is 3. The third kappa shape index (κ3) is 15.4. The fourth-order valence-corrected chi connectivity index (χ4v) is 6.61. The highest BCUT2D eigenvalue weighted by molar-refractivity contribution is 7.98. The lowest BCUT2D eigenvalue weighted by atomic mass is 9.90. The SMILES string of the molecule is CSCC[C@H](C[C@H](O[Si](C)(C)C(C)(C)C)[C@H](CC(C)C)NC(=O)OC(C)(C)C)C(=O)N[C@H](C(=O)NCc1ccccc1)C(C)C. The molecule has 0 aliphatic heterocycles. The van der Waals surface area contributed by atoms with Crippen molar-refractivity contribution in [3.8, 4) is 0 Å². The summed E-state index contributed by atoms with van der Waals surface area (Å²) in [6.45, 7) is 25.0. The summed E-state index contributed by atoms with van der Waals surface area (Å²) in [6, 6.07) is 8.70. The van der Waals surface area contributed by atoms with E-state index in [0.717, 1.165) is 11.3 Å². The maximum atomic E-state index is 14.0. The van der Waals surface area contributed by atoms with Crippen LogP contribution in [0.5, 0.6) is 0 Å². The molecule has 0 aromatic heterocycles. The van der Waals surface area contributed by atoms with Gasteiger partial charge >= 0.3 is 6.09 Å². The number of hydrogen-bond donors (Lipinski definition) is 3. The van der Waals surface area contributed by atoms with Gasteiger partial charge in [0.2, 0.25) is 11.8 Å². The molecule has 1 aromatic carbocycles. The van der Waals surface area contributed by atoms with Gasteiger partial charge in [-0.2, -0.15) is 11.8 Å². The van der Waals surface area contributed by atoms with E-state index in [1.807, 2.05) is 71.2 Å². The molecule has 10 heteroatoms. The first-order valence-electron chi connectivity index (χ1n) is 16.4. The number of ether oxygens (including phenoxy) is 1. The first-order chi connectivity index (χ1) is 20.7. The number of hydrogen-bond acceptors (Lipinski definition) is 6. The Labute approximate surface area is 279 Å². The van der Waals surface area contributed by atoms with Crippen molar-refractivity contribution in [2.24, 2.45) is 17.8 Å². The van der Waals surface area contributed by atoms with Gasteiger partial charge in [-0.25, -0.2) is 4.79 Å². The summed E-state index contributed by atoms with van der Waals surface area (Å²) in [6.07, 6.45) is 2.84. The lowest BCUT2D eigenvalue weighted by Crippen LogP contribution is -2.55. The number of nitrogens with one attached hydrogen (secondary N) is 3. The normalized spacial score (nSPS) is 15.3. The Morgan fingerprint density at radius 1 is 0.889 bits per heavy atom. The van der Waals surface area contributed by atoms with Crippen LogP contribution in [0.15, 0.2) is 30.3 Å². The summed E-state index contributed by atoms with van der Waals surface area (Å²) in [7, 11) is -2.32. The molecule has 0 saturated heterocycles. The number of thioether (sulfide) groups is 1. The maximum absolute atomic E-state index is 14.0. The van der Waals surface area contributed by atoms with Crippen molar-refractivity contribution in [3.05, 3.63) is 35.9 Å². The molecule has 3 N–H and O–H groups in total. The van der Waals surface area contributed by atoms with Crippen LogP contribution in [0, 0.1) is 17.8 Å². The molecular weight excluding hydrogens is 603 g/mol. The molecule has 1 rings (SSSR count). The van der Waals surface area contributed by atoms with E-state index in [9.17, 15) is 14.4 Å². The Morgan fingerprint density at radius 3 is 1.98 bits per heavy atom. The van der Waals surface area contributed by atoms with Crippen molar-refractivity contribution < 1.29 is 23.5 Å². The van der Waals surface area contributed by atoms with E-state index < -0.39 is 38.1 Å². The second-order valence-electron chi connectivity index (χ2n) is 15.4. The molecule has 3 amide bonds. The average molecular weight is 666 g/mol. The van der Waals surface area contributed by atoms with Crippen LogP contribution in [0.3, 0.4) is 0 Å². The molecular formula is C35H63N3O5SSi. The Morgan fingerprint density at radius 2 is 1.49 bits per heavy atom. The molecule has 0 aliphatic rings. The molecule has 0 aliphatic carbocycles. The highest BCUT2D eigenvalue weighted by Crippen LogP contribution is 2.39. The van der Waals surface area contributed by atoms with Crippen LogP contribution in [-0.4, -0.2) is 62.0 Å². The number of amides is 3. The van der Waals surface area contributed by atoms with Crippen LogP contribution >= 0.6 is 11.8 Å². The van der Waals surface area contributed by atoms with Gasteiger partial charge in [-0.05, 0) is 87.6 Å². The third-order valence-electron chi connectivity index (χ3n) is 8.24. The van der Waals surface area contributed by atoms with Gasteiger partial charge in [0.05, 0.1) is 12.1 Å². The first-order valence-corrected chi connectivity index (χ1v) is 20.7. The van der Waals surface area contributed by atoms with Gasteiger partial charge in [0.1, 0.15) is 11.6 Å².